The number of halogens is 1. The number of amides is 3. The van der Waals surface area contributed by atoms with Crippen molar-refractivity contribution >= 4 is 23.3 Å². The summed E-state index contributed by atoms with van der Waals surface area (Å²) in [4.78, 5) is 43.9. The number of imidazole rings is 1. The molecule has 0 saturated heterocycles. The van der Waals surface area contributed by atoms with Gasteiger partial charge < -0.3 is 25.8 Å². The van der Waals surface area contributed by atoms with Crippen LogP contribution in [0.1, 0.15) is 42.6 Å². The number of hydrogen-bond donors (Lipinski definition) is 3. The first kappa shape index (κ1) is 26.3. The predicted octanol–water partition coefficient (Wildman–Crippen LogP) is 3.32. The van der Waals surface area contributed by atoms with Crippen LogP contribution in [0.3, 0.4) is 0 Å². The van der Waals surface area contributed by atoms with E-state index in [1.54, 1.807) is 29.1 Å². The molecule has 0 radical (unpaired) electrons. The molecule has 3 aromatic rings. The Morgan fingerprint density at radius 1 is 1.10 bits per heavy atom. The number of carbonyl (C=O) groups is 2. The average Bonchev–Trinajstić information content (AvgIpc) is 3.32. The molecule has 4 N–H and O–H groups in total. The van der Waals surface area contributed by atoms with Crippen molar-refractivity contribution in [3.63, 3.8) is 0 Å². The first-order valence-electron chi connectivity index (χ1n) is 12.9. The number of nitrogens with two attached hydrogens (primary N) is 1. The Balaban J connectivity index is 1.40. The number of fused-ring (bicyclic) bond motifs is 1. The van der Waals surface area contributed by atoms with Gasteiger partial charge in [-0.3, -0.25) is 14.9 Å². The number of nitro benzene ring substituents is 1. The fourth-order valence-electron chi connectivity index (χ4n) is 5.25. The van der Waals surface area contributed by atoms with Gasteiger partial charge in [-0.25, -0.2) is 14.2 Å². The van der Waals surface area contributed by atoms with Crippen LogP contribution >= 0.6 is 0 Å². The third-order valence-corrected chi connectivity index (χ3v) is 7.42. The zero-order valence-electron chi connectivity index (χ0n) is 21.3. The van der Waals surface area contributed by atoms with E-state index in [0.717, 1.165) is 25.7 Å². The fourth-order valence-corrected chi connectivity index (χ4v) is 5.25. The molecule has 204 valence electrons. The molecular formula is C27H30FN7O4. The van der Waals surface area contributed by atoms with E-state index < -0.39 is 22.8 Å². The van der Waals surface area contributed by atoms with Crippen molar-refractivity contribution in [1.82, 2.24) is 19.8 Å². The Bertz CT molecular complexity index is 1370. The molecule has 1 fully saturated rings. The van der Waals surface area contributed by atoms with Crippen molar-refractivity contribution < 1.29 is 18.9 Å². The summed E-state index contributed by atoms with van der Waals surface area (Å²) in [6.45, 7) is 0.253. The van der Waals surface area contributed by atoms with E-state index in [2.05, 4.69) is 15.6 Å². The van der Waals surface area contributed by atoms with Crippen LogP contribution in [0, 0.1) is 15.9 Å². The number of rotatable bonds is 6. The lowest BCUT2D eigenvalue weighted by molar-refractivity contribution is -0.385. The second-order valence-electron chi connectivity index (χ2n) is 10.1. The van der Waals surface area contributed by atoms with Crippen LogP contribution in [0.2, 0.25) is 0 Å². The molecule has 1 unspecified atom stereocenters. The minimum atomic E-state index is -0.817. The first-order valence-corrected chi connectivity index (χ1v) is 12.9. The molecule has 1 aliphatic carbocycles. The average molecular weight is 536 g/mol. The van der Waals surface area contributed by atoms with Crippen molar-refractivity contribution in [3.05, 3.63) is 87.7 Å². The minimum absolute atomic E-state index is 0.00822. The summed E-state index contributed by atoms with van der Waals surface area (Å²) < 4.78 is 15.2. The van der Waals surface area contributed by atoms with Crippen molar-refractivity contribution in [1.29, 1.82) is 0 Å². The van der Waals surface area contributed by atoms with Gasteiger partial charge in [0.05, 0.1) is 35.7 Å². The van der Waals surface area contributed by atoms with Crippen LogP contribution in [0.15, 0.2) is 54.9 Å². The van der Waals surface area contributed by atoms with Gasteiger partial charge in [0.25, 0.3) is 5.69 Å². The van der Waals surface area contributed by atoms with Gasteiger partial charge in [0.2, 0.25) is 5.91 Å². The Hall–Kier alpha value is -4.32. The summed E-state index contributed by atoms with van der Waals surface area (Å²) in [5.74, 6) is -0.706. The number of nitrogens with zero attached hydrogens (tertiary/aromatic N) is 4. The standard InChI is InChI=1S/C27H30FN7O4/c28-18-5-9-21(10-6-18)32-27(37)34-15-25-22(13-24(34)26(36)31-20-11-7-19(29)8-12-20)30-16-33(25)14-17-3-1-2-4-23(17)35(38)39/h1-6,9-10,16,19-20,24H,7-8,11-15,29H2,(H,31,36)(H,32,37). The van der Waals surface area contributed by atoms with Gasteiger partial charge in [-0.1, -0.05) is 18.2 Å². The predicted molar refractivity (Wildman–Crippen MR) is 141 cm³/mol. The third kappa shape index (κ3) is 5.90. The summed E-state index contributed by atoms with van der Waals surface area (Å²) in [6, 6.07) is 10.6. The van der Waals surface area contributed by atoms with Gasteiger partial charge >= 0.3 is 6.03 Å². The lowest BCUT2D eigenvalue weighted by atomic mass is 9.91. The summed E-state index contributed by atoms with van der Waals surface area (Å²) >= 11 is 0. The molecule has 1 aliphatic heterocycles. The molecule has 5 rings (SSSR count). The highest BCUT2D eigenvalue weighted by Gasteiger charge is 2.38. The normalized spacial score (nSPS) is 20.7. The van der Waals surface area contributed by atoms with Crippen molar-refractivity contribution in [3.8, 4) is 0 Å². The Kier molecular flexibility index (Phi) is 7.55. The summed E-state index contributed by atoms with van der Waals surface area (Å²) in [5.41, 5.74) is 8.24. The number of hydrogen-bond acceptors (Lipinski definition) is 6. The highest BCUT2D eigenvalue weighted by molar-refractivity contribution is 5.94. The van der Waals surface area contributed by atoms with Crippen LogP contribution < -0.4 is 16.4 Å². The molecule has 0 spiro atoms. The molecule has 12 heteroatoms. The van der Waals surface area contributed by atoms with Gasteiger partial charge in [-0.05, 0) is 49.9 Å². The summed E-state index contributed by atoms with van der Waals surface area (Å²) in [6.07, 6.45) is 4.97. The number of nitrogens with one attached hydrogen (secondary N) is 2. The minimum Gasteiger partial charge on any atom is -0.352 e. The largest absolute Gasteiger partial charge is 0.352 e. The lowest BCUT2D eigenvalue weighted by Crippen LogP contribution is -2.56. The van der Waals surface area contributed by atoms with Gasteiger partial charge in [-0.2, -0.15) is 0 Å². The van der Waals surface area contributed by atoms with Crippen LogP contribution in [-0.2, 0) is 24.3 Å². The second-order valence-corrected chi connectivity index (χ2v) is 10.1. The van der Waals surface area contributed by atoms with E-state index in [4.69, 9.17) is 5.73 Å². The van der Waals surface area contributed by atoms with Gasteiger partial charge in [0.1, 0.15) is 11.9 Å². The maximum atomic E-state index is 13.5. The van der Waals surface area contributed by atoms with E-state index in [9.17, 15) is 24.1 Å². The molecule has 2 heterocycles. The van der Waals surface area contributed by atoms with E-state index in [0.29, 0.717) is 22.6 Å². The SMILES string of the molecule is NC1CCC(NC(=O)C2Cc3ncn(Cc4ccccc4[N+](=O)[O-])c3CN2C(=O)Nc2ccc(F)cc2)CC1. The van der Waals surface area contributed by atoms with Crippen molar-refractivity contribution in [2.75, 3.05) is 5.32 Å². The third-order valence-electron chi connectivity index (χ3n) is 7.42. The zero-order chi connectivity index (χ0) is 27.5. The molecule has 3 amide bonds. The quantitative estimate of drug-likeness (QED) is 0.326. The van der Waals surface area contributed by atoms with Crippen LogP contribution in [0.4, 0.5) is 20.6 Å². The second kappa shape index (κ2) is 11.2. The molecule has 1 aromatic heterocycles. The van der Waals surface area contributed by atoms with Crippen LogP contribution in [-0.4, -0.2) is 49.4 Å². The topological polar surface area (TPSA) is 148 Å². The van der Waals surface area contributed by atoms with E-state index >= 15 is 0 Å². The summed E-state index contributed by atoms with van der Waals surface area (Å²) in [7, 11) is 0. The first-order chi connectivity index (χ1) is 18.8. The Morgan fingerprint density at radius 2 is 1.82 bits per heavy atom. The number of benzene rings is 2. The number of aromatic nitrogens is 2. The fraction of sp³-hybridized carbons (Fsp3) is 0.370. The smallest absolute Gasteiger partial charge is 0.322 e. The molecule has 39 heavy (non-hydrogen) atoms. The molecule has 0 bridgehead atoms. The number of nitro groups is 1. The zero-order valence-corrected chi connectivity index (χ0v) is 21.3. The number of para-hydroxylation sites is 1. The molecule has 11 nitrogen and oxygen atoms in total. The molecule has 1 atom stereocenters. The molecule has 2 aromatic carbocycles. The molecule has 2 aliphatic rings. The van der Waals surface area contributed by atoms with Gasteiger partial charge in [0, 0.05) is 35.8 Å². The number of carbonyl (C=O) groups excluding carboxylic acids is 2. The monoisotopic (exact) mass is 535 g/mol. The Labute approximate surface area is 224 Å². The number of urea groups is 1. The molecular weight excluding hydrogens is 505 g/mol. The van der Waals surface area contributed by atoms with E-state index in [1.807, 2.05) is 0 Å². The summed E-state index contributed by atoms with van der Waals surface area (Å²) in [5, 5.41) is 17.4. The Morgan fingerprint density at radius 3 is 2.54 bits per heavy atom. The van der Waals surface area contributed by atoms with Gasteiger partial charge in [-0.15, -0.1) is 0 Å². The van der Waals surface area contributed by atoms with Crippen molar-refractivity contribution in [2.45, 2.75) is 63.3 Å². The maximum Gasteiger partial charge on any atom is 0.322 e. The molecule has 1 saturated carbocycles. The van der Waals surface area contributed by atoms with Crippen LogP contribution in [0.5, 0.6) is 0 Å². The van der Waals surface area contributed by atoms with Crippen molar-refractivity contribution in [2.24, 2.45) is 5.73 Å². The maximum absolute atomic E-state index is 13.5. The highest BCUT2D eigenvalue weighted by atomic mass is 19.1. The highest BCUT2D eigenvalue weighted by Crippen LogP contribution is 2.27. The van der Waals surface area contributed by atoms with E-state index in [-0.39, 0.29) is 43.2 Å². The van der Waals surface area contributed by atoms with E-state index in [1.165, 1.54) is 35.2 Å². The lowest BCUT2D eigenvalue weighted by Gasteiger charge is -2.36. The number of anilines is 1. The van der Waals surface area contributed by atoms with Gasteiger partial charge in [0.15, 0.2) is 0 Å². The van der Waals surface area contributed by atoms with Crippen LogP contribution in [0.25, 0.3) is 0 Å².